The van der Waals surface area contributed by atoms with E-state index in [-0.39, 0.29) is 16.6 Å². The first-order valence-corrected chi connectivity index (χ1v) is 5.69. The summed E-state index contributed by atoms with van der Waals surface area (Å²) in [6.45, 7) is 0. The van der Waals surface area contributed by atoms with Crippen LogP contribution in [-0.4, -0.2) is 22.5 Å². The summed E-state index contributed by atoms with van der Waals surface area (Å²) in [5.41, 5.74) is 0. The monoisotopic (exact) mass is 273 g/mol. The van der Waals surface area contributed by atoms with Crippen molar-refractivity contribution in [3.8, 4) is 11.5 Å². The average Bonchev–Trinajstić information content (AvgIpc) is 2.48. The number of nitrogens with zero attached hydrogens (tertiary/aromatic N) is 1. The Kier molecular flexibility index (Phi) is 4.31. The Hall–Kier alpha value is -2.86. The zero-order valence-corrected chi connectivity index (χ0v) is 10.3. The topological polar surface area (TPSA) is 76.1 Å². The molecule has 0 aliphatic rings. The van der Waals surface area contributed by atoms with E-state index in [1.54, 1.807) is 36.4 Å². The lowest BCUT2D eigenvalue weighted by molar-refractivity contribution is -0.0366. The van der Waals surface area contributed by atoms with Gasteiger partial charge in [0.25, 0.3) is 0 Å². The van der Waals surface area contributed by atoms with Gasteiger partial charge < -0.3 is 9.47 Å². The SMILES string of the molecule is O=C(Oc1ccccc1)N(O)C(=O)Oc1ccccc1. The van der Waals surface area contributed by atoms with Crippen molar-refractivity contribution in [2.75, 3.05) is 0 Å². The Morgan fingerprint density at radius 2 is 1.10 bits per heavy atom. The number of carbonyl (C=O) groups is 2. The molecule has 2 amide bonds. The van der Waals surface area contributed by atoms with E-state index in [4.69, 9.17) is 9.47 Å². The average molecular weight is 273 g/mol. The molecule has 0 unspecified atom stereocenters. The number of hydroxylamine groups is 2. The van der Waals surface area contributed by atoms with Crippen molar-refractivity contribution in [1.29, 1.82) is 0 Å². The fraction of sp³-hybridized carbons (Fsp3) is 0. The van der Waals surface area contributed by atoms with Crippen molar-refractivity contribution < 1.29 is 24.3 Å². The van der Waals surface area contributed by atoms with Crippen LogP contribution in [0, 0.1) is 0 Å². The van der Waals surface area contributed by atoms with Crippen LogP contribution in [0.25, 0.3) is 0 Å². The van der Waals surface area contributed by atoms with Crippen molar-refractivity contribution in [2.24, 2.45) is 0 Å². The molecule has 0 saturated carbocycles. The zero-order valence-electron chi connectivity index (χ0n) is 10.3. The molecule has 0 aliphatic carbocycles. The van der Waals surface area contributed by atoms with Gasteiger partial charge in [0.2, 0.25) is 0 Å². The molecule has 20 heavy (non-hydrogen) atoms. The van der Waals surface area contributed by atoms with E-state index in [1.165, 1.54) is 24.3 Å². The van der Waals surface area contributed by atoms with Crippen molar-refractivity contribution in [3.63, 3.8) is 0 Å². The molecule has 0 aromatic heterocycles. The van der Waals surface area contributed by atoms with Gasteiger partial charge in [0.15, 0.2) is 0 Å². The van der Waals surface area contributed by atoms with Gasteiger partial charge in [0.05, 0.1) is 0 Å². The summed E-state index contributed by atoms with van der Waals surface area (Å²) in [6.07, 6.45) is -2.51. The fourth-order valence-electron chi connectivity index (χ4n) is 1.34. The first-order valence-electron chi connectivity index (χ1n) is 5.69. The molecule has 0 spiro atoms. The van der Waals surface area contributed by atoms with E-state index in [0.717, 1.165) is 0 Å². The molecule has 102 valence electrons. The predicted molar refractivity (Wildman–Crippen MR) is 68.6 cm³/mol. The van der Waals surface area contributed by atoms with Crippen LogP contribution >= 0.6 is 0 Å². The van der Waals surface area contributed by atoms with Crippen LogP contribution in [-0.2, 0) is 0 Å². The van der Waals surface area contributed by atoms with E-state index in [2.05, 4.69) is 0 Å². The third-order valence-corrected chi connectivity index (χ3v) is 2.24. The van der Waals surface area contributed by atoms with Gasteiger partial charge in [-0.1, -0.05) is 41.5 Å². The minimum absolute atomic E-state index is 0.198. The first kappa shape index (κ1) is 13.6. The molecule has 6 heteroatoms. The molecule has 0 atom stereocenters. The first-order chi connectivity index (χ1) is 9.66. The van der Waals surface area contributed by atoms with Gasteiger partial charge in [0.1, 0.15) is 11.5 Å². The molecule has 2 aromatic carbocycles. The smallest absolute Gasteiger partial charge is 0.408 e. The maximum atomic E-state index is 11.5. The van der Waals surface area contributed by atoms with Crippen LogP contribution < -0.4 is 9.47 Å². The van der Waals surface area contributed by atoms with Crippen molar-refractivity contribution in [1.82, 2.24) is 5.06 Å². The molecule has 0 bridgehead atoms. The maximum absolute atomic E-state index is 11.5. The van der Waals surface area contributed by atoms with Gasteiger partial charge in [0, 0.05) is 0 Å². The largest absolute Gasteiger partial charge is 0.449 e. The van der Waals surface area contributed by atoms with E-state index < -0.39 is 12.2 Å². The van der Waals surface area contributed by atoms with E-state index in [0.29, 0.717) is 0 Å². The Morgan fingerprint density at radius 3 is 1.45 bits per heavy atom. The number of hydrogen-bond donors (Lipinski definition) is 1. The number of benzene rings is 2. The summed E-state index contributed by atoms with van der Waals surface area (Å²) in [5, 5.41) is 9.16. The summed E-state index contributed by atoms with van der Waals surface area (Å²) >= 11 is 0. The lowest BCUT2D eigenvalue weighted by Gasteiger charge is -2.12. The van der Waals surface area contributed by atoms with E-state index >= 15 is 0 Å². The van der Waals surface area contributed by atoms with Crippen LogP contribution in [0.5, 0.6) is 11.5 Å². The second-order valence-electron chi connectivity index (χ2n) is 3.67. The highest BCUT2D eigenvalue weighted by atomic mass is 16.7. The summed E-state index contributed by atoms with van der Waals surface area (Å²) < 4.78 is 9.54. The van der Waals surface area contributed by atoms with E-state index in [1.807, 2.05) is 0 Å². The number of hydrogen-bond acceptors (Lipinski definition) is 5. The highest BCUT2D eigenvalue weighted by Gasteiger charge is 2.23. The Bertz CT molecular complexity index is 532. The Morgan fingerprint density at radius 1 is 0.750 bits per heavy atom. The van der Waals surface area contributed by atoms with Gasteiger partial charge in [-0.3, -0.25) is 5.21 Å². The van der Waals surface area contributed by atoms with Crippen LogP contribution in [0.4, 0.5) is 9.59 Å². The molecule has 0 heterocycles. The van der Waals surface area contributed by atoms with Crippen molar-refractivity contribution >= 4 is 12.2 Å². The fourth-order valence-corrected chi connectivity index (χ4v) is 1.34. The van der Waals surface area contributed by atoms with Gasteiger partial charge in [-0.05, 0) is 24.3 Å². The Balaban J connectivity index is 1.95. The second kappa shape index (κ2) is 6.35. The highest BCUT2D eigenvalue weighted by molar-refractivity contribution is 5.88. The summed E-state index contributed by atoms with van der Waals surface area (Å²) in [6, 6.07) is 16.1. The quantitative estimate of drug-likeness (QED) is 0.672. The minimum Gasteiger partial charge on any atom is -0.408 e. The summed E-state index contributed by atoms with van der Waals surface area (Å²) in [5.74, 6) is 0.396. The molecule has 1 N–H and O–H groups in total. The number of rotatable bonds is 2. The van der Waals surface area contributed by atoms with Gasteiger partial charge in [-0.2, -0.15) is 0 Å². The molecule has 2 rings (SSSR count). The summed E-state index contributed by atoms with van der Waals surface area (Å²) in [7, 11) is 0. The van der Waals surface area contributed by atoms with Crippen LogP contribution in [0.2, 0.25) is 0 Å². The van der Waals surface area contributed by atoms with Crippen molar-refractivity contribution in [2.45, 2.75) is 0 Å². The lowest BCUT2D eigenvalue weighted by atomic mass is 10.3. The molecule has 0 aliphatic heterocycles. The zero-order chi connectivity index (χ0) is 14.4. The van der Waals surface area contributed by atoms with E-state index in [9.17, 15) is 14.8 Å². The number of para-hydroxylation sites is 2. The second-order valence-corrected chi connectivity index (χ2v) is 3.67. The molecule has 6 nitrogen and oxygen atoms in total. The van der Waals surface area contributed by atoms with Gasteiger partial charge in [-0.25, -0.2) is 9.59 Å². The maximum Gasteiger partial charge on any atom is 0.449 e. The number of ether oxygens (including phenoxy) is 2. The molecule has 2 aromatic rings. The van der Waals surface area contributed by atoms with Gasteiger partial charge in [-0.15, -0.1) is 0 Å². The normalized spacial score (nSPS) is 9.65. The lowest BCUT2D eigenvalue weighted by Crippen LogP contribution is -2.38. The summed E-state index contributed by atoms with van der Waals surface area (Å²) in [4.78, 5) is 23.0. The van der Waals surface area contributed by atoms with Crippen LogP contribution in [0.15, 0.2) is 60.7 Å². The minimum atomic E-state index is -1.25. The predicted octanol–water partition coefficient (Wildman–Crippen LogP) is 3.08. The Labute approximate surface area is 114 Å². The van der Waals surface area contributed by atoms with Crippen molar-refractivity contribution in [3.05, 3.63) is 60.7 Å². The third kappa shape index (κ3) is 3.56. The highest BCUT2D eigenvalue weighted by Crippen LogP contribution is 2.12. The van der Waals surface area contributed by atoms with Gasteiger partial charge >= 0.3 is 12.2 Å². The van der Waals surface area contributed by atoms with Crippen LogP contribution in [0.3, 0.4) is 0 Å². The van der Waals surface area contributed by atoms with Crippen LogP contribution in [0.1, 0.15) is 0 Å². The molecule has 0 saturated heterocycles. The molecular formula is C14H11NO5. The third-order valence-electron chi connectivity index (χ3n) is 2.24. The number of carbonyl (C=O) groups excluding carboxylic acids is 2. The standard InChI is InChI=1S/C14H11NO5/c16-13(19-11-7-3-1-4-8-11)15(18)14(17)20-12-9-5-2-6-10-12/h1-10,18H. The molecular weight excluding hydrogens is 262 g/mol. The molecule has 0 radical (unpaired) electrons. The number of amides is 2. The number of imide groups is 1. The molecule has 0 fully saturated rings.